The quantitative estimate of drug-likeness (QED) is 0.0114. The minimum absolute atomic E-state index is 0. The minimum atomic E-state index is -1.31. The number of amides is 1. The van der Waals surface area contributed by atoms with Crippen LogP contribution in [0.5, 0.6) is 0 Å². The number of aliphatic hydroxyl groups excluding tert-OH is 9. The number of aliphatic hydroxyl groups is 9. The number of ketones is 1. The predicted molar refractivity (Wildman–Crippen MR) is 316 cm³/mol. The zero-order valence-corrected chi connectivity index (χ0v) is 46.8. The summed E-state index contributed by atoms with van der Waals surface area (Å²) in [5.41, 5.74) is 26.7. The Morgan fingerprint density at radius 2 is 0.967 bits per heavy atom. The van der Waals surface area contributed by atoms with Crippen molar-refractivity contribution in [1.82, 2.24) is 83.4 Å². The fourth-order valence-corrected chi connectivity index (χ4v) is 8.64. The molecular weight excluding hydrogens is 1210 g/mol. The van der Waals surface area contributed by atoms with Crippen molar-refractivity contribution >= 4 is 87.1 Å². The van der Waals surface area contributed by atoms with E-state index in [9.17, 15) is 64.8 Å². The van der Waals surface area contributed by atoms with E-state index in [-0.39, 0.29) is 116 Å². The van der Waals surface area contributed by atoms with Gasteiger partial charge >= 0.3 is 5.97 Å². The number of hydrogen-bond donors (Lipinski definition) is 16. The largest absolute Gasteiger partial charge is 0.465 e. The molecular formula is C50H75N23O18. The van der Waals surface area contributed by atoms with E-state index in [4.69, 9.17) is 42.4 Å². The molecule has 3 unspecified atom stereocenters. The van der Waals surface area contributed by atoms with Crippen molar-refractivity contribution < 1.29 is 88.9 Å². The van der Waals surface area contributed by atoms with Crippen LogP contribution >= 0.6 is 0 Å². The molecule has 11 rings (SSSR count). The van der Waals surface area contributed by atoms with Crippen LogP contribution in [-0.2, 0) is 33.3 Å². The number of rotatable bonds is 15. The van der Waals surface area contributed by atoms with Gasteiger partial charge in [-0.3, -0.25) is 33.5 Å². The maximum absolute atomic E-state index is 11.7. The first kappa shape index (κ1) is 74.1. The highest BCUT2D eigenvalue weighted by Crippen LogP contribution is 2.35. The number of Topliss-reactive ketones (excluding diaryl/α,β-unsaturated/α-hetero) is 1. The van der Waals surface area contributed by atoms with Crippen molar-refractivity contribution in [2.24, 2.45) is 17.5 Å². The van der Waals surface area contributed by atoms with Gasteiger partial charge in [0.1, 0.15) is 84.1 Å². The van der Waals surface area contributed by atoms with Crippen molar-refractivity contribution in [2.45, 2.75) is 110 Å². The van der Waals surface area contributed by atoms with Crippen LogP contribution in [0, 0.1) is 5.92 Å². The van der Waals surface area contributed by atoms with E-state index < -0.39 is 105 Å². The number of aromatic nitrogens is 16. The molecule has 1 amide bonds. The zero-order valence-electron chi connectivity index (χ0n) is 46.8. The highest BCUT2D eigenvalue weighted by molar-refractivity contribution is 6.02. The highest BCUT2D eigenvalue weighted by Gasteiger charge is 2.46. The molecule has 0 spiro atoms. The third kappa shape index (κ3) is 15.3. The molecule has 8 aromatic rings. The maximum atomic E-state index is 11.7. The molecule has 8 aromatic heterocycles. The first-order valence-electron chi connectivity index (χ1n) is 26.0. The number of hydrogen-bond acceptors (Lipinski definition) is 35. The Bertz CT molecular complexity index is 3720. The summed E-state index contributed by atoms with van der Waals surface area (Å²) >= 11 is 0. The van der Waals surface area contributed by atoms with E-state index in [1.54, 1.807) is 6.92 Å². The molecule has 91 heavy (non-hydrogen) atoms. The fourth-order valence-electron chi connectivity index (χ4n) is 8.64. The van der Waals surface area contributed by atoms with Crippen molar-refractivity contribution in [3.8, 4) is 11.9 Å². The van der Waals surface area contributed by atoms with Crippen LogP contribution in [0.3, 0.4) is 0 Å². The average Bonchev–Trinajstić information content (AvgIpc) is 1.65. The van der Waals surface area contributed by atoms with Gasteiger partial charge in [-0.2, -0.15) is 40.1 Å². The smallest absolute Gasteiger partial charge is 0.323 e. The lowest BCUT2D eigenvalue weighted by molar-refractivity contribution is -0.150. The first-order chi connectivity index (χ1) is 42.2. The van der Waals surface area contributed by atoms with Crippen molar-refractivity contribution in [3.05, 3.63) is 54.9 Å². The molecule has 0 radical (unpaired) electrons. The average molecular weight is 1290 g/mol. The molecule has 0 saturated carbocycles. The van der Waals surface area contributed by atoms with Crippen LogP contribution in [0.2, 0.25) is 0 Å². The van der Waals surface area contributed by atoms with Gasteiger partial charge in [0.05, 0.1) is 68.9 Å². The molecule has 3 aliphatic heterocycles. The Hall–Kier alpha value is -9.34. The van der Waals surface area contributed by atoms with Gasteiger partial charge in [-0.1, -0.05) is 22.3 Å². The second kappa shape index (κ2) is 32.4. The van der Waals surface area contributed by atoms with E-state index in [0.717, 1.165) is 0 Å². The third-order valence-corrected chi connectivity index (χ3v) is 13.1. The van der Waals surface area contributed by atoms with Crippen molar-refractivity contribution in [2.75, 3.05) is 63.1 Å². The second-order valence-corrected chi connectivity index (χ2v) is 18.6. The Morgan fingerprint density at radius 1 is 0.604 bits per heavy atom. The SMILES string of the molecule is C.C.C.CC(=O)c1cnn(-c2nc(N)c3ncn(C4O[C@H](CO)[C@@H](O)[C@H]4O)c3n2)c1.CCOC(=O)C(C=O)C=O.CN.CNC(=O)c1cnn(-c2nc(N)c3ncn(C4O[C@H](CO)[C@@H](O)[C@H]4O)c3n2)c1.NNc1nc(N)c2ncn(C3O[C@H](CO)[C@@H](O)[C@H]3O)c2n1. The Labute approximate surface area is 515 Å². The first-order valence-corrected chi connectivity index (χ1v) is 26.0. The number of hydrazine groups is 1. The molecule has 21 N–H and O–H groups in total. The molecule has 0 aromatic carbocycles. The van der Waals surface area contributed by atoms with Crippen molar-refractivity contribution in [1.29, 1.82) is 0 Å². The van der Waals surface area contributed by atoms with Gasteiger partial charge in [0.25, 0.3) is 17.8 Å². The summed E-state index contributed by atoms with van der Waals surface area (Å²) in [5.74, 6) is 3.23. The number of fused-ring (bicyclic) bond motifs is 3. The Kier molecular flexibility index (Phi) is 26.4. The third-order valence-electron chi connectivity index (χ3n) is 13.1. The van der Waals surface area contributed by atoms with Crippen LogP contribution < -0.4 is 39.5 Å². The number of imidazole rings is 3. The lowest BCUT2D eigenvalue weighted by Gasteiger charge is -2.16. The summed E-state index contributed by atoms with van der Waals surface area (Å²) < 4.78 is 27.6. The molecule has 3 fully saturated rings. The van der Waals surface area contributed by atoms with Crippen LogP contribution in [0.15, 0.2) is 43.8 Å². The standard InChI is InChI=1S/C15H18N8O5.C15H17N7O5.C10H15N7O4.C6H8O4.CH5N.3CH4/c1-17-13(27)6-2-19-23(3-6)15-20-11(16)8-12(21-15)22(5-18-8)14-10(26)9(25)7(4-24)28-14;1-6(24)7-2-18-22(3-7)15-19-12(16)9-13(20-15)21(5-17-9)14-11(26)10(25)8(4-23)27-14;11-7-4-8(15-10(14-7)16-12)17(2-13-4)9-6(20)5(19)3(1-18)21-9;1-2-10-6(9)5(3-7)4-8;1-2;;;/h2-3,5,7,9-10,14,24-26H,4H2,1H3,(H,17,27)(H2,16,20,21);2-3,5,8,10-11,14,23,25-26H,4H2,1H3,(H2,16,19,20);2-3,5-6,9,18-20H,1,12H2,(H3,11,14,15,16);3-5H,2H2,1H3;2H2,1H3;3*1H4/t7-,9-,10-,14?;8-,10-,11-,14?;3-,5-,6-,9?;;;;;/m111...../s1. The van der Waals surface area contributed by atoms with E-state index in [1.807, 2.05) is 0 Å². The van der Waals surface area contributed by atoms with Gasteiger partial charge in [-0.15, -0.1) is 0 Å². The number of nitrogens with one attached hydrogen (secondary N) is 2. The second-order valence-electron chi connectivity index (χ2n) is 18.6. The summed E-state index contributed by atoms with van der Waals surface area (Å²) in [6.07, 6.45) is -3.18. The summed E-state index contributed by atoms with van der Waals surface area (Å²) in [6.45, 7) is 1.86. The number of nitrogen functional groups attached to an aromatic ring is 4. The molecule has 3 aliphatic rings. The van der Waals surface area contributed by atoms with Crippen LogP contribution in [0.25, 0.3) is 45.4 Å². The van der Waals surface area contributed by atoms with Crippen LogP contribution in [0.1, 0.15) is 75.5 Å². The molecule has 11 heterocycles. The maximum Gasteiger partial charge on any atom is 0.323 e. The monoisotopic (exact) mass is 1290 g/mol. The van der Waals surface area contributed by atoms with E-state index in [1.165, 1.54) is 87.9 Å². The molecule has 3 saturated heterocycles. The van der Waals surface area contributed by atoms with Gasteiger partial charge in [-0.25, -0.2) is 30.2 Å². The molecule has 0 aliphatic carbocycles. The predicted octanol–water partition coefficient (Wildman–Crippen LogP) is -5.67. The number of nitrogens with zero attached hydrogens (tertiary/aromatic N) is 16. The van der Waals surface area contributed by atoms with Gasteiger partial charge in [-0.05, 0) is 20.9 Å². The Morgan fingerprint density at radius 3 is 1.29 bits per heavy atom. The number of aldehydes is 2. The van der Waals surface area contributed by atoms with Crippen LogP contribution in [-0.4, -0.2) is 250 Å². The van der Waals surface area contributed by atoms with Gasteiger partial charge in [0.2, 0.25) is 5.95 Å². The topological polar surface area (TPSA) is 625 Å². The number of carbonyl (C=O) groups excluding carboxylic acids is 5. The van der Waals surface area contributed by atoms with Gasteiger partial charge in [0, 0.05) is 19.4 Å². The van der Waals surface area contributed by atoms with E-state index in [2.05, 4.69) is 76.3 Å². The number of carbonyl (C=O) groups is 5. The van der Waals surface area contributed by atoms with Crippen molar-refractivity contribution in [3.63, 3.8) is 0 Å². The van der Waals surface area contributed by atoms with Gasteiger partial charge < -0.3 is 103 Å². The highest BCUT2D eigenvalue weighted by atomic mass is 16.6. The number of nitrogens with two attached hydrogens (primary N) is 5. The summed E-state index contributed by atoms with van der Waals surface area (Å²) in [7, 11) is 3.00. The molecule has 12 atom stereocenters. The van der Waals surface area contributed by atoms with E-state index in [0.29, 0.717) is 16.6 Å². The van der Waals surface area contributed by atoms with E-state index >= 15 is 0 Å². The lowest BCUT2D eigenvalue weighted by Crippen LogP contribution is -2.33. The summed E-state index contributed by atoms with van der Waals surface area (Å²) in [5, 5.41) is 98.5. The summed E-state index contributed by atoms with van der Waals surface area (Å²) in [6, 6.07) is 0. The normalized spacial score (nSPS) is 22.9. The Balaban J connectivity index is 0.000000265. The molecule has 41 nitrogen and oxygen atoms in total. The molecule has 498 valence electrons. The number of ether oxygens (including phenoxy) is 4. The number of esters is 1. The molecule has 0 bridgehead atoms. The summed E-state index contributed by atoms with van der Waals surface area (Å²) in [4.78, 5) is 90.9. The zero-order chi connectivity index (χ0) is 64.4. The minimum Gasteiger partial charge on any atom is -0.465 e. The van der Waals surface area contributed by atoms with Gasteiger partial charge in [0.15, 0.2) is 64.8 Å². The fraction of sp³-hybridized carbons (Fsp3) is 0.480. The lowest BCUT2D eigenvalue weighted by atomic mass is 10.1. The van der Waals surface area contributed by atoms with Crippen LogP contribution in [0.4, 0.5) is 23.4 Å². The number of anilines is 4. The molecule has 41 heteroatoms.